The number of sulfone groups is 1. The van der Waals surface area contributed by atoms with Crippen LogP contribution >= 0.6 is 11.3 Å². The average Bonchev–Trinajstić information content (AvgIpc) is 2.93. The number of para-hydroxylation sites is 1. The van der Waals surface area contributed by atoms with Crippen molar-refractivity contribution in [3.05, 3.63) is 38.9 Å². The largest absolute Gasteiger partial charge is 0.369 e. The maximum atomic E-state index is 11.8. The predicted molar refractivity (Wildman–Crippen MR) is 81.3 cm³/mol. The fraction of sp³-hybridized carbons (Fsp3) is 0.167. The molecule has 3 N–H and O–H groups in total. The summed E-state index contributed by atoms with van der Waals surface area (Å²) in [5.41, 5.74) is 7.54. The average molecular weight is 324 g/mol. The maximum absolute atomic E-state index is 11.8. The monoisotopic (exact) mass is 324 g/mol. The van der Waals surface area contributed by atoms with Crippen molar-refractivity contribution in [3.8, 4) is 0 Å². The maximum Gasteiger partial charge on any atom is 0.304 e. The summed E-state index contributed by atoms with van der Waals surface area (Å²) in [7, 11) is -3.39. The molecule has 2 aromatic heterocycles. The van der Waals surface area contributed by atoms with Gasteiger partial charge in [-0.15, -0.1) is 0 Å². The molecule has 0 saturated heterocycles. The molecule has 0 bridgehead atoms. The highest BCUT2D eigenvalue weighted by atomic mass is 32.2. The van der Waals surface area contributed by atoms with Crippen molar-refractivity contribution in [2.24, 2.45) is 0 Å². The van der Waals surface area contributed by atoms with E-state index < -0.39 is 9.84 Å². The zero-order chi connectivity index (χ0) is 15.2. The molecule has 21 heavy (non-hydrogen) atoms. The summed E-state index contributed by atoms with van der Waals surface area (Å²) < 4.78 is 25.3. The molecule has 7 nitrogen and oxygen atoms in total. The van der Waals surface area contributed by atoms with Gasteiger partial charge in [0.1, 0.15) is 5.52 Å². The van der Waals surface area contributed by atoms with E-state index in [-0.39, 0.29) is 15.7 Å². The quantitative estimate of drug-likeness (QED) is 0.741. The summed E-state index contributed by atoms with van der Waals surface area (Å²) in [6.45, 7) is 0.328. The molecule has 0 fully saturated rings. The Morgan fingerprint density at radius 3 is 2.81 bits per heavy atom. The number of anilines is 1. The Balaban J connectivity index is 2.20. The minimum Gasteiger partial charge on any atom is -0.369 e. The Kier molecular flexibility index (Phi) is 3.10. The van der Waals surface area contributed by atoms with Gasteiger partial charge in [-0.05, 0) is 12.1 Å². The van der Waals surface area contributed by atoms with Crippen LogP contribution in [0.5, 0.6) is 0 Å². The molecule has 3 rings (SSSR count). The van der Waals surface area contributed by atoms with Crippen LogP contribution < -0.4 is 10.6 Å². The van der Waals surface area contributed by atoms with Crippen molar-refractivity contribution in [1.29, 1.82) is 0 Å². The lowest BCUT2D eigenvalue weighted by Gasteiger charge is -2.05. The van der Waals surface area contributed by atoms with Gasteiger partial charge in [0.05, 0.1) is 17.0 Å². The second kappa shape index (κ2) is 4.71. The molecular formula is C12H12N4O3S2. The number of hydrogen-bond donors (Lipinski definition) is 2. The van der Waals surface area contributed by atoms with Crippen LogP contribution in [0.3, 0.4) is 0 Å². The van der Waals surface area contributed by atoms with E-state index in [1.165, 1.54) is 6.07 Å². The van der Waals surface area contributed by atoms with Gasteiger partial charge in [0.25, 0.3) is 0 Å². The number of benzene rings is 1. The Morgan fingerprint density at radius 2 is 2.19 bits per heavy atom. The number of aromatic nitrogens is 3. The van der Waals surface area contributed by atoms with Crippen molar-refractivity contribution < 1.29 is 8.42 Å². The van der Waals surface area contributed by atoms with Crippen LogP contribution in [-0.2, 0) is 16.4 Å². The van der Waals surface area contributed by atoms with E-state index in [1.54, 1.807) is 22.1 Å². The van der Waals surface area contributed by atoms with Crippen LogP contribution in [0.4, 0.5) is 5.95 Å². The Bertz CT molecular complexity index is 982. The molecule has 0 spiro atoms. The normalized spacial score (nSPS) is 12.0. The number of fused-ring (bicyclic) bond motifs is 1. The first-order valence-corrected chi connectivity index (χ1v) is 8.75. The summed E-state index contributed by atoms with van der Waals surface area (Å²) in [5.74, 6) is 0.202. The van der Waals surface area contributed by atoms with E-state index in [4.69, 9.17) is 5.73 Å². The Labute approximate surface area is 124 Å². The number of thiazole rings is 1. The van der Waals surface area contributed by atoms with E-state index in [1.807, 2.05) is 0 Å². The number of nitrogens with one attached hydrogen (secondary N) is 1. The fourth-order valence-corrected chi connectivity index (χ4v) is 3.57. The van der Waals surface area contributed by atoms with Gasteiger partial charge in [-0.2, -0.15) is 0 Å². The molecule has 110 valence electrons. The predicted octanol–water partition coefficient (Wildman–Crippen LogP) is 0.820. The smallest absolute Gasteiger partial charge is 0.304 e. The highest BCUT2D eigenvalue weighted by molar-refractivity contribution is 7.91. The minimum absolute atomic E-state index is 0.143. The third-order valence-electron chi connectivity index (χ3n) is 3.07. The van der Waals surface area contributed by atoms with E-state index >= 15 is 0 Å². The number of aromatic amines is 1. The number of nitrogen functional groups attached to an aromatic ring is 1. The second-order valence-corrected chi connectivity index (χ2v) is 7.45. The van der Waals surface area contributed by atoms with Gasteiger partial charge in [0.15, 0.2) is 9.84 Å². The molecule has 0 saturated carbocycles. The van der Waals surface area contributed by atoms with Crippen LogP contribution in [-0.4, -0.2) is 29.2 Å². The summed E-state index contributed by atoms with van der Waals surface area (Å²) in [4.78, 5) is 18.0. The lowest BCUT2D eigenvalue weighted by molar-refractivity contribution is 0.602. The highest BCUT2D eigenvalue weighted by Crippen LogP contribution is 2.25. The molecule has 3 aromatic rings. The van der Waals surface area contributed by atoms with Crippen LogP contribution in [0.2, 0.25) is 0 Å². The van der Waals surface area contributed by atoms with Gasteiger partial charge in [-0.1, -0.05) is 17.4 Å². The lowest BCUT2D eigenvalue weighted by Crippen LogP contribution is -2.06. The van der Waals surface area contributed by atoms with E-state index in [0.29, 0.717) is 23.3 Å². The number of imidazole rings is 1. The van der Waals surface area contributed by atoms with Gasteiger partial charge in [-0.25, -0.2) is 13.4 Å². The van der Waals surface area contributed by atoms with E-state index in [9.17, 15) is 13.2 Å². The van der Waals surface area contributed by atoms with Crippen molar-refractivity contribution >= 4 is 38.2 Å². The number of hydrogen-bond acceptors (Lipinski definition) is 6. The van der Waals surface area contributed by atoms with Crippen LogP contribution in [0.15, 0.2) is 33.3 Å². The molecule has 0 atom stereocenters. The molecule has 1 aromatic carbocycles. The second-order valence-electron chi connectivity index (χ2n) is 4.63. The Morgan fingerprint density at radius 1 is 1.43 bits per heavy atom. The van der Waals surface area contributed by atoms with Crippen molar-refractivity contribution in [3.63, 3.8) is 0 Å². The van der Waals surface area contributed by atoms with Gasteiger partial charge < -0.3 is 15.3 Å². The summed E-state index contributed by atoms with van der Waals surface area (Å²) in [6, 6.07) is 4.89. The molecule has 0 aliphatic rings. The number of nitrogens with two attached hydrogens (primary N) is 1. The first kappa shape index (κ1) is 13.8. The standard InChI is InChI=1S/C12H12N4O3S2/c1-21(18,19)9-4-2-3-8-10(9)15-11(13)16(8)5-7-6-20-12(17)14-7/h2-4,6H,5H2,1H3,(H2,13,15)(H,14,17). The molecule has 9 heteroatoms. The Hall–Kier alpha value is -2.13. The fourth-order valence-electron chi connectivity index (χ4n) is 2.17. The van der Waals surface area contributed by atoms with Crippen molar-refractivity contribution in [2.45, 2.75) is 11.4 Å². The molecule has 0 radical (unpaired) electrons. The van der Waals surface area contributed by atoms with Gasteiger partial charge in [-0.3, -0.25) is 4.79 Å². The summed E-state index contributed by atoms with van der Waals surface area (Å²) >= 11 is 1.06. The third-order valence-corrected chi connectivity index (χ3v) is 4.92. The number of H-pyrrole nitrogens is 1. The van der Waals surface area contributed by atoms with E-state index in [2.05, 4.69) is 9.97 Å². The van der Waals surface area contributed by atoms with Gasteiger partial charge >= 0.3 is 4.87 Å². The lowest BCUT2D eigenvalue weighted by atomic mass is 10.3. The molecule has 0 aliphatic carbocycles. The first-order chi connectivity index (χ1) is 9.86. The summed E-state index contributed by atoms with van der Waals surface area (Å²) in [6.07, 6.45) is 1.13. The first-order valence-electron chi connectivity index (χ1n) is 5.98. The molecule has 0 aliphatic heterocycles. The zero-order valence-corrected chi connectivity index (χ0v) is 12.7. The SMILES string of the molecule is CS(=O)(=O)c1cccc2c1nc(N)n2Cc1csc(=O)[nH]1. The van der Waals surface area contributed by atoms with E-state index in [0.717, 1.165) is 17.6 Å². The van der Waals surface area contributed by atoms with Crippen LogP contribution in [0.25, 0.3) is 11.0 Å². The third kappa shape index (κ3) is 2.45. The molecule has 0 amide bonds. The summed E-state index contributed by atoms with van der Waals surface area (Å²) in [5, 5.41) is 1.70. The molecule has 2 heterocycles. The van der Waals surface area contributed by atoms with Gasteiger partial charge in [0, 0.05) is 17.3 Å². The topological polar surface area (TPSA) is 111 Å². The van der Waals surface area contributed by atoms with Crippen LogP contribution in [0.1, 0.15) is 5.69 Å². The number of nitrogens with zero attached hydrogens (tertiary/aromatic N) is 2. The highest BCUT2D eigenvalue weighted by Gasteiger charge is 2.17. The molecule has 0 unspecified atom stereocenters. The van der Waals surface area contributed by atoms with Gasteiger partial charge in [0.2, 0.25) is 5.95 Å². The number of rotatable bonds is 3. The van der Waals surface area contributed by atoms with Crippen molar-refractivity contribution in [1.82, 2.24) is 14.5 Å². The zero-order valence-electron chi connectivity index (χ0n) is 11.0. The van der Waals surface area contributed by atoms with Crippen molar-refractivity contribution in [2.75, 3.05) is 12.0 Å². The minimum atomic E-state index is -3.39. The molecular weight excluding hydrogens is 312 g/mol. The van der Waals surface area contributed by atoms with Crippen LogP contribution in [0, 0.1) is 0 Å².